The predicted molar refractivity (Wildman–Crippen MR) is 71.5 cm³/mol. The van der Waals surface area contributed by atoms with Crippen molar-refractivity contribution in [2.45, 2.75) is 19.1 Å². The molecule has 0 saturated carbocycles. The number of hydrogen-bond donors (Lipinski definition) is 1. The molecule has 1 aliphatic heterocycles. The molecule has 1 N–H and O–H groups in total. The first-order valence-corrected chi connectivity index (χ1v) is 6.71. The maximum absolute atomic E-state index is 10.9. The van der Waals surface area contributed by atoms with E-state index in [0.717, 1.165) is 11.0 Å². The normalized spacial score (nSPS) is 22.7. The van der Waals surface area contributed by atoms with E-state index in [1.54, 1.807) is 0 Å². The van der Waals surface area contributed by atoms with Gasteiger partial charge in [0.15, 0.2) is 6.10 Å². The third-order valence-electron chi connectivity index (χ3n) is 3.27. The van der Waals surface area contributed by atoms with E-state index in [2.05, 4.69) is 39.9 Å². The van der Waals surface area contributed by atoms with Gasteiger partial charge in [-0.3, -0.25) is 4.90 Å². The summed E-state index contributed by atoms with van der Waals surface area (Å²) in [6.07, 6.45) is -0.711. The molecular weight excluding hydrogens is 298 g/mol. The van der Waals surface area contributed by atoms with Gasteiger partial charge in [0, 0.05) is 23.6 Å². The minimum atomic E-state index is -0.886. The second-order valence-corrected chi connectivity index (χ2v) is 5.34. The first kappa shape index (κ1) is 13.5. The molecule has 1 heterocycles. The Morgan fingerprint density at radius 3 is 2.78 bits per heavy atom. The van der Waals surface area contributed by atoms with E-state index in [1.165, 1.54) is 5.56 Å². The van der Waals surface area contributed by atoms with Crippen LogP contribution >= 0.6 is 15.9 Å². The molecule has 2 rings (SSSR count). The van der Waals surface area contributed by atoms with Gasteiger partial charge in [-0.25, -0.2) is 4.79 Å². The number of aliphatic carboxylic acids is 1. The summed E-state index contributed by atoms with van der Waals surface area (Å²) >= 11 is 3.41. The largest absolute Gasteiger partial charge is 0.479 e. The fourth-order valence-corrected chi connectivity index (χ4v) is 2.39. The molecule has 0 aromatic heterocycles. The molecular formula is C13H16BrNO3. The molecule has 18 heavy (non-hydrogen) atoms. The van der Waals surface area contributed by atoms with Gasteiger partial charge in [0.25, 0.3) is 0 Å². The van der Waals surface area contributed by atoms with Crippen LogP contribution in [0.25, 0.3) is 0 Å². The number of hydrogen-bond acceptors (Lipinski definition) is 3. The smallest absolute Gasteiger partial charge is 0.334 e. The van der Waals surface area contributed by atoms with E-state index in [9.17, 15) is 4.79 Å². The van der Waals surface area contributed by atoms with E-state index in [1.807, 2.05) is 12.1 Å². The fraction of sp³-hybridized carbons (Fsp3) is 0.462. The highest BCUT2D eigenvalue weighted by molar-refractivity contribution is 9.10. The van der Waals surface area contributed by atoms with Gasteiger partial charge < -0.3 is 9.84 Å². The topological polar surface area (TPSA) is 49.8 Å². The molecule has 1 aliphatic rings. The van der Waals surface area contributed by atoms with Crippen LogP contribution < -0.4 is 0 Å². The van der Waals surface area contributed by atoms with Crippen LogP contribution in [-0.4, -0.2) is 41.8 Å². The lowest BCUT2D eigenvalue weighted by Crippen LogP contribution is -2.46. The first-order chi connectivity index (χ1) is 8.58. The summed E-state index contributed by atoms with van der Waals surface area (Å²) < 4.78 is 6.27. The summed E-state index contributed by atoms with van der Waals surface area (Å²) in [5, 5.41) is 8.99. The molecule has 0 bridgehead atoms. The number of halogens is 1. The third-order valence-corrected chi connectivity index (χ3v) is 3.80. The zero-order valence-corrected chi connectivity index (χ0v) is 11.8. The highest BCUT2D eigenvalue weighted by Gasteiger charge is 2.29. The van der Waals surface area contributed by atoms with Crippen molar-refractivity contribution in [2.75, 3.05) is 19.7 Å². The van der Waals surface area contributed by atoms with Crippen molar-refractivity contribution in [2.24, 2.45) is 0 Å². The summed E-state index contributed by atoms with van der Waals surface area (Å²) in [5.41, 5.74) is 1.18. The van der Waals surface area contributed by atoms with Gasteiger partial charge in [0.05, 0.1) is 6.61 Å². The molecule has 1 aromatic carbocycles. The lowest BCUT2D eigenvalue weighted by Gasteiger charge is -2.35. The van der Waals surface area contributed by atoms with Crippen molar-refractivity contribution in [1.82, 2.24) is 4.90 Å². The predicted octanol–water partition coefficient (Wildman–Crippen LogP) is 2.30. The minimum absolute atomic E-state index is 0.198. The van der Waals surface area contributed by atoms with Gasteiger partial charge in [-0.15, -0.1) is 0 Å². The van der Waals surface area contributed by atoms with Crippen LogP contribution in [0.5, 0.6) is 0 Å². The Labute approximate surface area is 115 Å². The highest BCUT2D eigenvalue weighted by atomic mass is 79.9. The van der Waals surface area contributed by atoms with Crippen LogP contribution in [0.1, 0.15) is 18.5 Å². The lowest BCUT2D eigenvalue weighted by atomic mass is 10.1. The molecule has 2 unspecified atom stereocenters. The number of morpholine rings is 1. The Bertz CT molecular complexity index is 421. The molecule has 0 spiro atoms. The zero-order chi connectivity index (χ0) is 13.1. The average Bonchev–Trinajstić information content (AvgIpc) is 2.39. The van der Waals surface area contributed by atoms with Gasteiger partial charge in [-0.05, 0) is 24.6 Å². The van der Waals surface area contributed by atoms with Crippen LogP contribution in [-0.2, 0) is 9.53 Å². The molecule has 4 nitrogen and oxygen atoms in total. The van der Waals surface area contributed by atoms with E-state index in [0.29, 0.717) is 13.2 Å². The SMILES string of the molecule is CC(c1ccc(Br)cc1)N1CCOC(C(=O)O)C1. The Morgan fingerprint density at radius 2 is 2.17 bits per heavy atom. The van der Waals surface area contributed by atoms with E-state index in [4.69, 9.17) is 9.84 Å². The number of carboxylic acids is 1. The van der Waals surface area contributed by atoms with Crippen molar-refractivity contribution in [1.29, 1.82) is 0 Å². The van der Waals surface area contributed by atoms with Crippen LogP contribution in [0, 0.1) is 0 Å². The number of rotatable bonds is 3. The summed E-state index contributed by atoms with van der Waals surface area (Å²) in [5.74, 6) is -0.886. The molecule has 0 aliphatic carbocycles. The van der Waals surface area contributed by atoms with E-state index in [-0.39, 0.29) is 6.04 Å². The van der Waals surface area contributed by atoms with Gasteiger partial charge in [0.1, 0.15) is 0 Å². The Balaban J connectivity index is 2.06. The second kappa shape index (κ2) is 5.82. The van der Waals surface area contributed by atoms with Crippen molar-refractivity contribution in [3.8, 4) is 0 Å². The van der Waals surface area contributed by atoms with Crippen molar-refractivity contribution < 1.29 is 14.6 Å². The van der Waals surface area contributed by atoms with Crippen molar-refractivity contribution in [3.05, 3.63) is 34.3 Å². The summed E-state index contributed by atoms with van der Waals surface area (Å²) in [6, 6.07) is 8.31. The number of carbonyl (C=O) groups is 1. The molecule has 0 amide bonds. The molecule has 2 atom stereocenters. The van der Waals surface area contributed by atoms with Gasteiger partial charge >= 0.3 is 5.97 Å². The van der Waals surface area contributed by atoms with Gasteiger partial charge in [-0.2, -0.15) is 0 Å². The lowest BCUT2D eigenvalue weighted by molar-refractivity contribution is -0.157. The van der Waals surface area contributed by atoms with Crippen molar-refractivity contribution >= 4 is 21.9 Å². The maximum Gasteiger partial charge on any atom is 0.334 e. The molecule has 98 valence electrons. The zero-order valence-electron chi connectivity index (χ0n) is 10.2. The van der Waals surface area contributed by atoms with E-state index < -0.39 is 12.1 Å². The number of carboxylic acid groups (broad SMARTS) is 1. The van der Waals surface area contributed by atoms with Crippen molar-refractivity contribution in [3.63, 3.8) is 0 Å². The number of ether oxygens (including phenoxy) is 1. The molecule has 1 saturated heterocycles. The molecule has 5 heteroatoms. The average molecular weight is 314 g/mol. The second-order valence-electron chi connectivity index (χ2n) is 4.42. The number of nitrogens with zero attached hydrogens (tertiary/aromatic N) is 1. The monoisotopic (exact) mass is 313 g/mol. The number of benzene rings is 1. The molecule has 0 radical (unpaired) electrons. The molecule has 1 aromatic rings. The fourth-order valence-electron chi connectivity index (χ4n) is 2.12. The minimum Gasteiger partial charge on any atom is -0.479 e. The summed E-state index contributed by atoms with van der Waals surface area (Å²) in [7, 11) is 0. The quantitative estimate of drug-likeness (QED) is 0.930. The first-order valence-electron chi connectivity index (χ1n) is 5.92. The van der Waals surface area contributed by atoms with Crippen LogP contribution in [0.4, 0.5) is 0 Å². The third kappa shape index (κ3) is 3.10. The van der Waals surface area contributed by atoms with Crippen LogP contribution in [0.2, 0.25) is 0 Å². The van der Waals surface area contributed by atoms with Crippen LogP contribution in [0.15, 0.2) is 28.7 Å². The van der Waals surface area contributed by atoms with Crippen LogP contribution in [0.3, 0.4) is 0 Å². The summed E-state index contributed by atoms with van der Waals surface area (Å²) in [6.45, 7) is 3.76. The Morgan fingerprint density at radius 1 is 1.50 bits per heavy atom. The molecule has 1 fully saturated rings. The van der Waals surface area contributed by atoms with Gasteiger partial charge in [-0.1, -0.05) is 28.1 Å². The highest BCUT2D eigenvalue weighted by Crippen LogP contribution is 2.24. The summed E-state index contributed by atoms with van der Waals surface area (Å²) in [4.78, 5) is 13.1. The van der Waals surface area contributed by atoms with E-state index >= 15 is 0 Å². The Hall–Kier alpha value is -0.910. The standard InChI is InChI=1S/C13H16BrNO3/c1-9(10-2-4-11(14)5-3-10)15-6-7-18-12(8-15)13(16)17/h2-5,9,12H,6-8H2,1H3,(H,16,17). The maximum atomic E-state index is 10.9. The Kier molecular flexibility index (Phi) is 4.37. The van der Waals surface area contributed by atoms with Gasteiger partial charge in [0.2, 0.25) is 0 Å².